The van der Waals surface area contributed by atoms with Crippen molar-refractivity contribution in [3.63, 3.8) is 0 Å². The molecule has 0 spiro atoms. The summed E-state index contributed by atoms with van der Waals surface area (Å²) in [7, 11) is 0. The number of carbonyl (C=O) groups is 1. The van der Waals surface area contributed by atoms with Gasteiger partial charge in [0.15, 0.2) is 6.80 Å². The lowest BCUT2D eigenvalue weighted by molar-refractivity contribution is -0.111. The highest BCUT2D eigenvalue weighted by atomic mass is 19.1. The first-order valence-electron chi connectivity index (χ1n) is 5.87. The van der Waals surface area contributed by atoms with E-state index >= 15 is 0 Å². The number of rotatable bonds is 6. The monoisotopic (exact) mass is 260 g/mol. The fourth-order valence-electron chi connectivity index (χ4n) is 1.52. The number of benzene rings is 1. The van der Waals surface area contributed by atoms with E-state index < -0.39 is 6.80 Å². The molecule has 0 saturated heterocycles. The summed E-state index contributed by atoms with van der Waals surface area (Å²) in [5.41, 5.74) is 2.27. The van der Waals surface area contributed by atoms with E-state index in [9.17, 15) is 9.18 Å². The van der Waals surface area contributed by atoms with Gasteiger partial charge in [-0.15, -0.1) is 0 Å². The highest BCUT2D eigenvalue weighted by Gasteiger charge is 2.01. The second-order valence-electron chi connectivity index (χ2n) is 3.71. The molecule has 0 atom stereocenters. The molecule has 0 aliphatic carbocycles. The maximum absolute atomic E-state index is 12.1. The third-order valence-corrected chi connectivity index (χ3v) is 2.34. The minimum atomic E-state index is -0.644. The van der Waals surface area contributed by atoms with Gasteiger partial charge in [0.05, 0.1) is 0 Å². The largest absolute Gasteiger partial charge is 0.364 e. The van der Waals surface area contributed by atoms with Gasteiger partial charge in [0, 0.05) is 11.9 Å². The van der Waals surface area contributed by atoms with E-state index in [0.29, 0.717) is 5.69 Å². The maximum Gasteiger partial charge on any atom is 0.248 e. The topological polar surface area (TPSA) is 41.1 Å². The quantitative estimate of drug-likeness (QED) is 0.468. The van der Waals surface area contributed by atoms with Crippen LogP contribution in [-0.2, 0) is 4.79 Å². The van der Waals surface area contributed by atoms with E-state index in [4.69, 9.17) is 0 Å². The zero-order chi connectivity index (χ0) is 14.1. The lowest BCUT2D eigenvalue weighted by Crippen LogP contribution is -2.08. The molecule has 1 amide bonds. The Kier molecular flexibility index (Phi) is 6.09. The van der Waals surface area contributed by atoms with Crippen molar-refractivity contribution in [1.82, 2.24) is 5.32 Å². The second kappa shape index (κ2) is 7.87. The predicted octanol–water partition coefficient (Wildman–Crippen LogP) is 3.24. The van der Waals surface area contributed by atoms with Crippen LogP contribution in [0.3, 0.4) is 0 Å². The second-order valence-corrected chi connectivity index (χ2v) is 3.71. The van der Waals surface area contributed by atoms with Crippen LogP contribution in [0, 0.1) is 0 Å². The molecule has 0 heterocycles. The van der Waals surface area contributed by atoms with E-state index in [2.05, 4.69) is 17.2 Å². The van der Waals surface area contributed by atoms with Crippen LogP contribution in [0.4, 0.5) is 10.1 Å². The fraction of sp³-hybridized carbons (Fsp3) is 0.133. The first-order valence-corrected chi connectivity index (χ1v) is 5.87. The Morgan fingerprint density at radius 1 is 1.47 bits per heavy atom. The van der Waals surface area contributed by atoms with Crippen molar-refractivity contribution in [3.8, 4) is 0 Å². The Morgan fingerprint density at radius 2 is 2.26 bits per heavy atom. The van der Waals surface area contributed by atoms with Gasteiger partial charge >= 0.3 is 0 Å². The highest BCUT2D eigenvalue weighted by Crippen LogP contribution is 2.19. The number of halogens is 1. The van der Waals surface area contributed by atoms with Crippen molar-refractivity contribution >= 4 is 17.2 Å². The molecular weight excluding hydrogens is 243 g/mol. The van der Waals surface area contributed by atoms with Crippen LogP contribution >= 0.6 is 0 Å². The molecule has 1 aromatic carbocycles. The Balaban J connectivity index is 2.92. The summed E-state index contributed by atoms with van der Waals surface area (Å²) in [6.45, 7) is 4.81. The van der Waals surface area contributed by atoms with Crippen LogP contribution in [0.2, 0.25) is 0 Å². The molecule has 0 radical (unpaired) electrons. The van der Waals surface area contributed by atoms with Gasteiger partial charge in [-0.25, -0.2) is 4.39 Å². The molecule has 0 aromatic heterocycles. The third-order valence-electron chi connectivity index (χ3n) is 2.34. The van der Waals surface area contributed by atoms with Crippen molar-refractivity contribution in [2.45, 2.75) is 6.92 Å². The van der Waals surface area contributed by atoms with Crippen molar-refractivity contribution in [1.29, 1.82) is 0 Å². The van der Waals surface area contributed by atoms with Gasteiger partial charge in [-0.3, -0.25) is 4.79 Å². The first kappa shape index (κ1) is 14.7. The van der Waals surface area contributed by atoms with Crippen molar-refractivity contribution in [2.24, 2.45) is 0 Å². The Bertz CT molecular complexity index is 507. The molecule has 4 heteroatoms. The summed E-state index contributed by atoms with van der Waals surface area (Å²) in [6, 6.07) is 7.26. The molecule has 1 rings (SSSR count). The van der Waals surface area contributed by atoms with Crippen molar-refractivity contribution in [3.05, 3.63) is 60.8 Å². The molecule has 100 valence electrons. The zero-order valence-electron chi connectivity index (χ0n) is 10.8. The number of anilines is 1. The smallest absolute Gasteiger partial charge is 0.248 e. The molecule has 0 saturated carbocycles. The van der Waals surface area contributed by atoms with E-state index in [1.165, 1.54) is 6.08 Å². The molecule has 3 nitrogen and oxygen atoms in total. The summed E-state index contributed by atoms with van der Waals surface area (Å²) >= 11 is 0. The summed E-state index contributed by atoms with van der Waals surface area (Å²) in [4.78, 5) is 11.4. The number of carbonyl (C=O) groups excluding carboxylic acids is 1. The summed E-state index contributed by atoms with van der Waals surface area (Å²) in [5, 5.41) is 5.22. The van der Waals surface area contributed by atoms with Crippen LogP contribution in [0.15, 0.2) is 55.3 Å². The Labute approximate surface area is 112 Å². The van der Waals surface area contributed by atoms with Crippen LogP contribution < -0.4 is 10.6 Å². The molecule has 0 bridgehead atoms. The predicted molar refractivity (Wildman–Crippen MR) is 77.2 cm³/mol. The van der Waals surface area contributed by atoms with Gasteiger partial charge in [0.1, 0.15) is 0 Å². The summed E-state index contributed by atoms with van der Waals surface area (Å²) in [5.74, 6) is -0.189. The Morgan fingerprint density at radius 3 is 2.89 bits per heavy atom. The number of nitrogens with one attached hydrogen (secondary N) is 2. The molecule has 19 heavy (non-hydrogen) atoms. The average Bonchev–Trinajstić information content (AvgIpc) is 2.40. The number of amides is 1. The SMILES string of the molecule is C=C/C(=C\NCF)c1cccc(NC(=O)/C=C/C)c1. The van der Waals surface area contributed by atoms with E-state index in [1.807, 2.05) is 12.1 Å². The van der Waals surface area contributed by atoms with Crippen LogP contribution in [0.1, 0.15) is 12.5 Å². The molecule has 0 fully saturated rings. The molecule has 1 aromatic rings. The Hall–Kier alpha value is -2.36. The van der Waals surface area contributed by atoms with E-state index in [1.54, 1.807) is 37.4 Å². The number of hydrogen-bond donors (Lipinski definition) is 2. The molecule has 0 aliphatic rings. The lowest BCUT2D eigenvalue weighted by atomic mass is 10.1. The molecule has 0 aliphatic heterocycles. The van der Waals surface area contributed by atoms with E-state index in [0.717, 1.165) is 11.1 Å². The zero-order valence-corrected chi connectivity index (χ0v) is 10.8. The summed E-state index contributed by atoms with van der Waals surface area (Å²) in [6.07, 6.45) is 6.27. The lowest BCUT2D eigenvalue weighted by Gasteiger charge is -2.07. The minimum Gasteiger partial charge on any atom is -0.364 e. The number of alkyl halides is 1. The standard InChI is InChI=1S/C15H17FN2O/c1-3-6-15(19)18-14-8-5-7-13(9-14)12(4-2)10-17-11-16/h3-10,17H,2,11H2,1H3,(H,18,19)/b6-3+,12-10+. The van der Waals surface area contributed by atoms with Gasteiger partial charge in [-0.05, 0) is 36.3 Å². The van der Waals surface area contributed by atoms with Gasteiger partial charge < -0.3 is 10.6 Å². The van der Waals surface area contributed by atoms with Crippen molar-refractivity contribution < 1.29 is 9.18 Å². The highest BCUT2D eigenvalue weighted by molar-refractivity contribution is 5.99. The van der Waals surface area contributed by atoms with Crippen LogP contribution in [0.25, 0.3) is 5.57 Å². The number of hydrogen-bond acceptors (Lipinski definition) is 2. The minimum absolute atomic E-state index is 0.189. The third kappa shape index (κ3) is 4.79. The van der Waals surface area contributed by atoms with Crippen LogP contribution in [0.5, 0.6) is 0 Å². The number of allylic oxidation sites excluding steroid dienone is 3. The first-order chi connectivity index (χ1) is 9.21. The van der Waals surface area contributed by atoms with E-state index in [-0.39, 0.29) is 5.91 Å². The van der Waals surface area contributed by atoms with Crippen molar-refractivity contribution in [2.75, 3.05) is 12.1 Å². The molecule has 2 N–H and O–H groups in total. The normalized spacial score (nSPS) is 11.4. The van der Waals surface area contributed by atoms with Crippen LogP contribution in [-0.4, -0.2) is 12.7 Å². The molecule has 0 unspecified atom stereocenters. The molecular formula is C15H17FN2O. The van der Waals surface area contributed by atoms with Gasteiger partial charge in [0.25, 0.3) is 0 Å². The summed E-state index contributed by atoms with van der Waals surface area (Å²) < 4.78 is 12.1. The maximum atomic E-state index is 12.1. The fourth-order valence-corrected chi connectivity index (χ4v) is 1.52. The van der Waals surface area contributed by atoms with Gasteiger partial charge in [-0.2, -0.15) is 0 Å². The van der Waals surface area contributed by atoms with Gasteiger partial charge in [-0.1, -0.05) is 30.9 Å². The average molecular weight is 260 g/mol. The van der Waals surface area contributed by atoms with Gasteiger partial charge in [0.2, 0.25) is 5.91 Å².